The van der Waals surface area contributed by atoms with Gasteiger partial charge in [0.15, 0.2) is 9.84 Å². The molecule has 0 bridgehead atoms. The second kappa shape index (κ2) is 7.06. The van der Waals surface area contributed by atoms with Crippen molar-refractivity contribution in [3.63, 3.8) is 0 Å². The number of nitrogens with one attached hydrogen (secondary N) is 1. The lowest BCUT2D eigenvalue weighted by Gasteiger charge is -2.26. The highest BCUT2D eigenvalue weighted by Crippen LogP contribution is 2.26. The lowest BCUT2D eigenvalue weighted by atomic mass is 10.0. The van der Waals surface area contributed by atoms with E-state index in [1.807, 2.05) is 5.01 Å². The van der Waals surface area contributed by atoms with Gasteiger partial charge in [-0.3, -0.25) is 5.43 Å². The molecule has 118 valence electrons. The summed E-state index contributed by atoms with van der Waals surface area (Å²) in [7, 11) is -2.82. The molecule has 0 aliphatic carbocycles. The molecule has 1 aliphatic heterocycles. The highest BCUT2D eigenvalue weighted by atomic mass is 32.2. The van der Waals surface area contributed by atoms with Crippen LogP contribution in [-0.4, -0.2) is 44.6 Å². The van der Waals surface area contributed by atoms with Gasteiger partial charge in [-0.2, -0.15) is 22.7 Å². The third-order valence-corrected chi connectivity index (χ3v) is 6.61. The van der Waals surface area contributed by atoms with Gasteiger partial charge in [0.05, 0.1) is 11.5 Å². The van der Waals surface area contributed by atoms with Gasteiger partial charge in [-0.15, -0.1) is 0 Å². The predicted molar refractivity (Wildman–Crippen MR) is 93.9 cm³/mol. The fourth-order valence-electron chi connectivity index (χ4n) is 2.39. The Kier molecular flexibility index (Phi) is 5.10. The van der Waals surface area contributed by atoms with Crippen LogP contribution in [0.4, 0.5) is 0 Å². The van der Waals surface area contributed by atoms with E-state index in [-0.39, 0.29) is 11.5 Å². The zero-order valence-electron chi connectivity index (χ0n) is 12.1. The summed E-state index contributed by atoms with van der Waals surface area (Å²) < 4.78 is 22.8. The van der Waals surface area contributed by atoms with Crippen LogP contribution in [0.5, 0.6) is 0 Å². The Bertz CT molecular complexity index is 669. The zero-order valence-corrected chi connectivity index (χ0v) is 14.5. The van der Waals surface area contributed by atoms with Gasteiger partial charge in [0.1, 0.15) is 0 Å². The van der Waals surface area contributed by atoms with Gasteiger partial charge in [0.25, 0.3) is 0 Å². The SMILES string of the molecule is O=S1(=O)CCN(NCC=C(c2ccsc2)c2ccsc2)CC1. The zero-order chi connectivity index (χ0) is 15.4. The van der Waals surface area contributed by atoms with Crippen molar-refractivity contribution in [3.05, 3.63) is 50.9 Å². The topological polar surface area (TPSA) is 49.4 Å². The van der Waals surface area contributed by atoms with E-state index in [4.69, 9.17) is 0 Å². The van der Waals surface area contributed by atoms with E-state index in [0.29, 0.717) is 19.6 Å². The molecule has 0 unspecified atom stereocenters. The van der Waals surface area contributed by atoms with Crippen molar-refractivity contribution in [3.8, 4) is 0 Å². The highest BCUT2D eigenvalue weighted by molar-refractivity contribution is 7.91. The molecule has 0 spiro atoms. The van der Waals surface area contributed by atoms with E-state index in [1.165, 1.54) is 16.7 Å². The molecule has 22 heavy (non-hydrogen) atoms. The number of hydrogen-bond donors (Lipinski definition) is 1. The summed E-state index contributed by atoms with van der Waals surface area (Å²) in [5.41, 5.74) is 6.99. The first-order chi connectivity index (χ1) is 10.6. The standard InChI is InChI=1S/C15H18N2O2S3/c18-22(19)9-5-17(6-10-22)16-4-1-15(13-2-7-20-11-13)14-3-8-21-12-14/h1-3,7-8,11-12,16H,4-6,9-10H2. The normalized spacial score (nSPS) is 18.2. The van der Waals surface area contributed by atoms with Crippen molar-refractivity contribution < 1.29 is 8.42 Å². The van der Waals surface area contributed by atoms with Crippen molar-refractivity contribution in [2.45, 2.75) is 0 Å². The van der Waals surface area contributed by atoms with Crippen LogP contribution in [0, 0.1) is 0 Å². The van der Waals surface area contributed by atoms with Gasteiger partial charge in [0, 0.05) is 19.6 Å². The molecular formula is C15H18N2O2S3. The molecular weight excluding hydrogens is 336 g/mol. The maximum atomic E-state index is 11.4. The number of rotatable bonds is 5. The van der Waals surface area contributed by atoms with Crippen LogP contribution in [0.1, 0.15) is 11.1 Å². The maximum Gasteiger partial charge on any atom is 0.152 e. The largest absolute Gasteiger partial charge is 0.251 e. The summed E-state index contributed by atoms with van der Waals surface area (Å²) in [4.78, 5) is 0. The van der Waals surface area contributed by atoms with Crippen LogP contribution in [0.25, 0.3) is 5.57 Å². The van der Waals surface area contributed by atoms with Gasteiger partial charge in [-0.1, -0.05) is 6.08 Å². The first-order valence-corrected chi connectivity index (χ1v) is 10.8. The van der Waals surface area contributed by atoms with Gasteiger partial charge < -0.3 is 0 Å². The molecule has 1 aliphatic rings. The van der Waals surface area contributed by atoms with E-state index < -0.39 is 9.84 Å². The molecule has 3 heterocycles. The number of nitrogens with zero attached hydrogens (tertiary/aromatic N) is 1. The van der Waals surface area contributed by atoms with Crippen molar-refractivity contribution >= 4 is 38.1 Å². The van der Waals surface area contributed by atoms with Crippen molar-refractivity contribution in [1.29, 1.82) is 0 Å². The number of hydrogen-bond acceptors (Lipinski definition) is 6. The van der Waals surface area contributed by atoms with Gasteiger partial charge in [0.2, 0.25) is 0 Å². The average Bonchev–Trinajstić information content (AvgIpc) is 3.19. The minimum Gasteiger partial charge on any atom is -0.251 e. The number of hydrazine groups is 1. The first kappa shape index (κ1) is 15.9. The number of thiophene rings is 2. The Balaban J connectivity index is 1.64. The summed E-state index contributed by atoms with van der Waals surface area (Å²) >= 11 is 3.38. The second-order valence-electron chi connectivity index (χ2n) is 5.14. The Morgan fingerprint density at radius 1 is 1.14 bits per heavy atom. The van der Waals surface area contributed by atoms with E-state index in [1.54, 1.807) is 22.7 Å². The summed E-state index contributed by atoms with van der Waals surface area (Å²) in [5.74, 6) is 0.483. The Hall–Kier alpha value is -0.990. The maximum absolute atomic E-state index is 11.4. The fraction of sp³-hybridized carbons (Fsp3) is 0.333. The summed E-state index contributed by atoms with van der Waals surface area (Å²) in [6.07, 6.45) is 2.17. The van der Waals surface area contributed by atoms with Crippen molar-refractivity contribution in [2.24, 2.45) is 0 Å². The monoisotopic (exact) mass is 354 g/mol. The second-order valence-corrected chi connectivity index (χ2v) is 9.01. The summed E-state index contributed by atoms with van der Waals surface area (Å²) in [5, 5.41) is 10.5. The molecule has 1 saturated heterocycles. The summed E-state index contributed by atoms with van der Waals surface area (Å²) in [6, 6.07) is 4.25. The Morgan fingerprint density at radius 3 is 2.23 bits per heavy atom. The molecule has 0 saturated carbocycles. The van der Waals surface area contributed by atoms with Crippen LogP contribution >= 0.6 is 22.7 Å². The third kappa shape index (κ3) is 4.05. The molecule has 1 N–H and O–H groups in total. The van der Waals surface area contributed by atoms with E-state index in [0.717, 1.165) is 0 Å². The van der Waals surface area contributed by atoms with E-state index in [2.05, 4.69) is 45.2 Å². The molecule has 0 amide bonds. The Morgan fingerprint density at radius 2 is 1.73 bits per heavy atom. The average molecular weight is 355 g/mol. The molecule has 3 rings (SSSR count). The van der Waals surface area contributed by atoms with Gasteiger partial charge in [-0.25, -0.2) is 13.4 Å². The predicted octanol–water partition coefficient (Wildman–Crippen LogP) is 2.48. The number of sulfone groups is 1. The highest BCUT2D eigenvalue weighted by Gasteiger charge is 2.20. The molecule has 0 aromatic carbocycles. The summed E-state index contributed by atoms with van der Waals surface area (Å²) in [6.45, 7) is 1.81. The van der Waals surface area contributed by atoms with Crippen LogP contribution in [-0.2, 0) is 9.84 Å². The lowest BCUT2D eigenvalue weighted by molar-refractivity contribution is 0.215. The third-order valence-electron chi connectivity index (χ3n) is 3.63. The van der Waals surface area contributed by atoms with E-state index in [9.17, 15) is 8.42 Å². The minimum absolute atomic E-state index is 0.242. The molecule has 7 heteroatoms. The molecule has 2 aromatic rings. The smallest absolute Gasteiger partial charge is 0.152 e. The molecule has 0 radical (unpaired) electrons. The fourth-order valence-corrected chi connectivity index (χ4v) is 4.90. The lowest BCUT2D eigenvalue weighted by Crippen LogP contribution is -2.48. The van der Waals surface area contributed by atoms with Crippen LogP contribution in [0.2, 0.25) is 0 Å². The first-order valence-electron chi connectivity index (χ1n) is 7.08. The Labute approximate surface area is 139 Å². The quantitative estimate of drug-likeness (QED) is 0.896. The van der Waals surface area contributed by atoms with Crippen LogP contribution in [0.3, 0.4) is 0 Å². The minimum atomic E-state index is -2.82. The molecule has 0 atom stereocenters. The van der Waals surface area contributed by atoms with Gasteiger partial charge >= 0.3 is 0 Å². The van der Waals surface area contributed by atoms with Crippen LogP contribution < -0.4 is 5.43 Å². The van der Waals surface area contributed by atoms with Gasteiger partial charge in [-0.05, 0) is 50.4 Å². The molecule has 1 fully saturated rings. The van der Waals surface area contributed by atoms with Crippen LogP contribution in [0.15, 0.2) is 39.7 Å². The van der Waals surface area contributed by atoms with Crippen molar-refractivity contribution in [2.75, 3.05) is 31.1 Å². The van der Waals surface area contributed by atoms with Crippen molar-refractivity contribution in [1.82, 2.24) is 10.4 Å². The molecule has 4 nitrogen and oxygen atoms in total. The molecule has 2 aromatic heterocycles. The van der Waals surface area contributed by atoms with E-state index >= 15 is 0 Å².